The Morgan fingerprint density at radius 3 is 1.77 bits per heavy atom. The number of unbranched alkanes of at least 4 members (excludes halogenated alkanes) is 12. The molecule has 0 bridgehead atoms. The van der Waals surface area contributed by atoms with E-state index < -0.39 is 0 Å². The SMILES string of the molecule is CCOC(=O)CCCCCCCCCCCCCCCNC(=O)Nc1ccccc1. The van der Waals surface area contributed by atoms with E-state index in [0.717, 1.165) is 31.5 Å². The van der Waals surface area contributed by atoms with E-state index >= 15 is 0 Å². The molecule has 0 saturated heterocycles. The van der Waals surface area contributed by atoms with Gasteiger partial charge in [0.1, 0.15) is 0 Å². The summed E-state index contributed by atoms with van der Waals surface area (Å²) in [5.74, 6) is -0.0534. The van der Waals surface area contributed by atoms with Gasteiger partial charge in [-0.3, -0.25) is 4.79 Å². The molecule has 1 rings (SSSR count). The lowest BCUT2D eigenvalue weighted by atomic mass is 10.0. The minimum Gasteiger partial charge on any atom is -0.466 e. The first-order valence-corrected chi connectivity index (χ1v) is 12.0. The maximum Gasteiger partial charge on any atom is 0.319 e. The summed E-state index contributed by atoms with van der Waals surface area (Å²) < 4.78 is 4.93. The van der Waals surface area contributed by atoms with Crippen molar-refractivity contribution in [2.24, 2.45) is 0 Å². The van der Waals surface area contributed by atoms with Gasteiger partial charge in [0, 0.05) is 18.7 Å². The number of para-hydroxylation sites is 1. The number of amides is 2. The number of rotatable bonds is 18. The van der Waals surface area contributed by atoms with Gasteiger partial charge in [0.25, 0.3) is 0 Å². The number of anilines is 1. The van der Waals surface area contributed by atoms with E-state index in [9.17, 15) is 9.59 Å². The van der Waals surface area contributed by atoms with Crippen LogP contribution in [0.15, 0.2) is 30.3 Å². The summed E-state index contributed by atoms with van der Waals surface area (Å²) in [5.41, 5.74) is 0.823. The molecule has 5 nitrogen and oxygen atoms in total. The molecule has 1 aromatic carbocycles. The fourth-order valence-electron chi connectivity index (χ4n) is 3.47. The Hall–Kier alpha value is -2.04. The number of hydrogen-bond acceptors (Lipinski definition) is 3. The van der Waals surface area contributed by atoms with Crippen LogP contribution in [0.2, 0.25) is 0 Å². The Morgan fingerprint density at radius 2 is 1.23 bits per heavy atom. The topological polar surface area (TPSA) is 67.4 Å². The van der Waals surface area contributed by atoms with Crippen molar-refractivity contribution in [2.75, 3.05) is 18.5 Å². The van der Waals surface area contributed by atoms with Crippen molar-refractivity contribution in [1.29, 1.82) is 0 Å². The van der Waals surface area contributed by atoms with Crippen molar-refractivity contribution in [3.05, 3.63) is 30.3 Å². The van der Waals surface area contributed by atoms with E-state index in [1.54, 1.807) is 0 Å². The van der Waals surface area contributed by atoms with Crippen molar-refractivity contribution < 1.29 is 14.3 Å². The van der Waals surface area contributed by atoms with Crippen LogP contribution < -0.4 is 10.6 Å². The Labute approximate surface area is 183 Å². The molecule has 170 valence electrons. The Balaban J connectivity index is 1.75. The highest BCUT2D eigenvalue weighted by molar-refractivity contribution is 5.89. The van der Waals surface area contributed by atoms with Gasteiger partial charge in [-0.15, -0.1) is 0 Å². The molecule has 2 amide bonds. The van der Waals surface area contributed by atoms with Crippen LogP contribution in [0.5, 0.6) is 0 Å². The second kappa shape index (κ2) is 19.0. The highest BCUT2D eigenvalue weighted by atomic mass is 16.5. The van der Waals surface area contributed by atoms with Crippen LogP contribution >= 0.6 is 0 Å². The molecular formula is C25H42N2O3. The lowest BCUT2D eigenvalue weighted by molar-refractivity contribution is -0.143. The molecular weight excluding hydrogens is 376 g/mol. The van der Waals surface area contributed by atoms with Crippen LogP contribution in [0, 0.1) is 0 Å². The summed E-state index contributed by atoms with van der Waals surface area (Å²) in [6.45, 7) is 3.08. The van der Waals surface area contributed by atoms with E-state index in [2.05, 4.69) is 10.6 Å². The predicted molar refractivity (Wildman–Crippen MR) is 125 cm³/mol. The summed E-state index contributed by atoms with van der Waals surface area (Å²) in [5, 5.41) is 5.74. The standard InChI is InChI=1S/C25H42N2O3/c1-2-30-24(28)21-17-12-10-8-6-4-3-5-7-9-11-13-18-22-26-25(29)27-23-19-15-14-16-20-23/h14-16,19-20H,2-13,17-18,21-22H2,1H3,(H2,26,27,29). The number of nitrogens with one attached hydrogen (secondary N) is 2. The molecule has 0 aromatic heterocycles. The molecule has 30 heavy (non-hydrogen) atoms. The number of urea groups is 1. The van der Waals surface area contributed by atoms with Gasteiger partial charge in [-0.2, -0.15) is 0 Å². The normalized spacial score (nSPS) is 10.6. The summed E-state index contributed by atoms with van der Waals surface area (Å²) in [4.78, 5) is 23.0. The van der Waals surface area contributed by atoms with Crippen LogP contribution in [-0.4, -0.2) is 25.2 Å². The second-order valence-corrected chi connectivity index (χ2v) is 7.90. The molecule has 0 heterocycles. The zero-order valence-corrected chi connectivity index (χ0v) is 18.9. The van der Waals surface area contributed by atoms with Gasteiger partial charge in [0.15, 0.2) is 0 Å². The van der Waals surface area contributed by atoms with E-state index in [1.165, 1.54) is 64.2 Å². The highest BCUT2D eigenvalue weighted by Gasteiger charge is 2.01. The lowest BCUT2D eigenvalue weighted by Crippen LogP contribution is -2.29. The fourth-order valence-corrected chi connectivity index (χ4v) is 3.47. The smallest absolute Gasteiger partial charge is 0.319 e. The minimum absolute atomic E-state index is 0.0534. The van der Waals surface area contributed by atoms with E-state index in [1.807, 2.05) is 37.3 Å². The zero-order chi connectivity index (χ0) is 21.7. The van der Waals surface area contributed by atoms with Crippen molar-refractivity contribution in [3.63, 3.8) is 0 Å². The first kappa shape index (κ1) is 26.0. The van der Waals surface area contributed by atoms with Crippen LogP contribution in [0.25, 0.3) is 0 Å². The van der Waals surface area contributed by atoms with Gasteiger partial charge in [-0.1, -0.05) is 88.8 Å². The zero-order valence-electron chi connectivity index (χ0n) is 18.9. The summed E-state index contributed by atoms with van der Waals surface area (Å²) in [6.07, 6.45) is 16.6. The number of hydrogen-bond donors (Lipinski definition) is 2. The van der Waals surface area contributed by atoms with Gasteiger partial charge in [-0.05, 0) is 31.9 Å². The third kappa shape index (κ3) is 15.8. The van der Waals surface area contributed by atoms with Crippen molar-refractivity contribution in [2.45, 2.75) is 96.8 Å². The van der Waals surface area contributed by atoms with Crippen LogP contribution in [0.3, 0.4) is 0 Å². The molecule has 0 saturated carbocycles. The Morgan fingerprint density at radius 1 is 0.733 bits per heavy atom. The molecule has 2 N–H and O–H groups in total. The number of ether oxygens (including phenoxy) is 1. The highest BCUT2D eigenvalue weighted by Crippen LogP contribution is 2.13. The third-order valence-corrected chi connectivity index (χ3v) is 5.18. The molecule has 0 spiro atoms. The van der Waals surface area contributed by atoms with E-state index in [-0.39, 0.29) is 12.0 Å². The van der Waals surface area contributed by atoms with E-state index in [0.29, 0.717) is 13.0 Å². The molecule has 0 unspecified atom stereocenters. The van der Waals surface area contributed by atoms with E-state index in [4.69, 9.17) is 4.74 Å². The molecule has 0 atom stereocenters. The fraction of sp³-hybridized carbons (Fsp3) is 0.680. The minimum atomic E-state index is -0.125. The number of carbonyl (C=O) groups excluding carboxylic acids is 2. The maximum absolute atomic E-state index is 11.8. The number of benzene rings is 1. The maximum atomic E-state index is 11.8. The summed E-state index contributed by atoms with van der Waals surface area (Å²) in [7, 11) is 0. The average Bonchev–Trinajstić information content (AvgIpc) is 2.74. The quantitative estimate of drug-likeness (QED) is 0.203. The largest absolute Gasteiger partial charge is 0.466 e. The van der Waals surface area contributed by atoms with Crippen LogP contribution in [0.1, 0.15) is 96.8 Å². The molecule has 0 fully saturated rings. The lowest BCUT2D eigenvalue weighted by Gasteiger charge is -2.07. The summed E-state index contributed by atoms with van der Waals surface area (Å²) >= 11 is 0. The monoisotopic (exact) mass is 418 g/mol. The molecule has 0 radical (unpaired) electrons. The molecule has 0 aliphatic carbocycles. The average molecular weight is 419 g/mol. The first-order valence-electron chi connectivity index (χ1n) is 12.0. The molecule has 0 aliphatic rings. The molecule has 0 aliphatic heterocycles. The molecule has 5 heteroatoms. The van der Waals surface area contributed by atoms with Gasteiger partial charge in [0.05, 0.1) is 6.61 Å². The van der Waals surface area contributed by atoms with Crippen LogP contribution in [-0.2, 0) is 9.53 Å². The molecule has 1 aromatic rings. The van der Waals surface area contributed by atoms with Gasteiger partial charge in [-0.25, -0.2) is 4.79 Å². The predicted octanol–water partition coefficient (Wildman–Crippen LogP) is 6.83. The second-order valence-electron chi connectivity index (χ2n) is 7.90. The van der Waals surface area contributed by atoms with Crippen molar-refractivity contribution in [1.82, 2.24) is 5.32 Å². The Kier molecular flexibility index (Phi) is 16.4. The van der Waals surface area contributed by atoms with Gasteiger partial charge < -0.3 is 15.4 Å². The Bertz CT molecular complexity index is 549. The number of esters is 1. The first-order chi connectivity index (χ1) is 14.7. The third-order valence-electron chi connectivity index (χ3n) is 5.18. The summed E-state index contributed by atoms with van der Waals surface area (Å²) in [6, 6.07) is 9.39. The van der Waals surface area contributed by atoms with Gasteiger partial charge >= 0.3 is 12.0 Å². The van der Waals surface area contributed by atoms with Crippen molar-refractivity contribution >= 4 is 17.7 Å². The number of carbonyl (C=O) groups is 2. The van der Waals surface area contributed by atoms with Gasteiger partial charge in [0.2, 0.25) is 0 Å². The van der Waals surface area contributed by atoms with Crippen molar-refractivity contribution in [3.8, 4) is 0 Å². The van der Waals surface area contributed by atoms with Crippen LogP contribution in [0.4, 0.5) is 10.5 Å².